The summed E-state index contributed by atoms with van der Waals surface area (Å²) in [5.74, 6) is 0. The highest BCUT2D eigenvalue weighted by atomic mass is 14.3. The van der Waals surface area contributed by atoms with E-state index in [0.717, 1.165) is 12.8 Å². The van der Waals surface area contributed by atoms with Crippen LogP contribution in [0.5, 0.6) is 0 Å². The number of fused-ring (bicyclic) bond motifs is 4. The Morgan fingerprint density at radius 3 is 0.915 bits per heavy atom. The molecule has 230 valence electrons. The second-order valence-corrected chi connectivity index (χ2v) is 14.2. The fourth-order valence-electron chi connectivity index (χ4n) is 9.61. The van der Waals surface area contributed by atoms with Gasteiger partial charge in [-0.1, -0.05) is 119 Å². The molecule has 0 nitrogen and oxygen atoms in total. The molecule has 0 aromatic heterocycles. The molecule has 6 aromatic carbocycles. The molecule has 0 unspecified atom stereocenters. The van der Waals surface area contributed by atoms with Crippen molar-refractivity contribution in [2.45, 2.75) is 68.2 Å². The van der Waals surface area contributed by atoms with E-state index in [4.69, 9.17) is 0 Å². The molecular weight excluding hydrogens is 563 g/mol. The predicted octanol–water partition coefficient (Wildman–Crippen LogP) is 9.48. The Bertz CT molecular complexity index is 2060. The molecule has 2 aliphatic rings. The Kier molecular flexibility index (Phi) is 6.96. The number of hydrogen-bond acceptors (Lipinski definition) is 0. The topological polar surface area (TPSA) is 0 Å². The van der Waals surface area contributed by atoms with Gasteiger partial charge in [0.1, 0.15) is 0 Å². The summed E-state index contributed by atoms with van der Waals surface area (Å²) in [5.41, 5.74) is 30.7. The Balaban J connectivity index is 1.51. The van der Waals surface area contributed by atoms with Crippen molar-refractivity contribution in [1.29, 1.82) is 0 Å². The minimum atomic E-state index is 0.235. The van der Waals surface area contributed by atoms with Crippen LogP contribution in [0.15, 0.2) is 91.0 Å². The van der Waals surface area contributed by atoms with Gasteiger partial charge in [-0.3, -0.25) is 0 Å². The van der Waals surface area contributed by atoms with Crippen LogP contribution in [0.4, 0.5) is 0 Å². The van der Waals surface area contributed by atoms with Gasteiger partial charge in [-0.25, -0.2) is 0 Å². The first-order chi connectivity index (χ1) is 22.7. The normalized spacial score (nSPS) is 12.9. The SMILES string of the molecule is Cc1c(C)c(-c2ccccc2)c(C)c2c1B1c3c(C)c(C)c(-c4ccccc4)c(C)c3Cc3c(C)c(-c4ccccc4)c(C)c(c31)C2. The first-order valence-corrected chi connectivity index (χ1v) is 17.3. The summed E-state index contributed by atoms with van der Waals surface area (Å²) in [6.45, 7) is 19.4. The van der Waals surface area contributed by atoms with Gasteiger partial charge in [0.2, 0.25) is 6.71 Å². The average Bonchev–Trinajstić information content (AvgIpc) is 3.09. The highest BCUT2D eigenvalue weighted by molar-refractivity contribution is 6.98. The van der Waals surface area contributed by atoms with E-state index in [1.807, 2.05) is 0 Å². The smallest absolute Gasteiger partial charge is 0.0622 e. The monoisotopic (exact) mass is 606 g/mol. The van der Waals surface area contributed by atoms with Crippen molar-refractivity contribution in [2.24, 2.45) is 0 Å². The molecular formula is C46H43B. The van der Waals surface area contributed by atoms with Crippen molar-refractivity contribution in [2.75, 3.05) is 0 Å². The van der Waals surface area contributed by atoms with Crippen LogP contribution in [0.3, 0.4) is 0 Å². The lowest BCUT2D eigenvalue weighted by Gasteiger charge is -2.41. The van der Waals surface area contributed by atoms with Crippen LogP contribution >= 0.6 is 0 Å². The van der Waals surface area contributed by atoms with E-state index < -0.39 is 0 Å². The summed E-state index contributed by atoms with van der Waals surface area (Å²) >= 11 is 0. The van der Waals surface area contributed by atoms with E-state index in [9.17, 15) is 0 Å². The fraction of sp³-hybridized carbons (Fsp3) is 0.217. The molecule has 0 aliphatic carbocycles. The molecule has 0 spiro atoms. The summed E-state index contributed by atoms with van der Waals surface area (Å²) in [6, 6.07) is 33.3. The maximum Gasteiger partial charge on any atom is 0.243 e. The average molecular weight is 607 g/mol. The molecule has 0 atom stereocenters. The third-order valence-corrected chi connectivity index (χ3v) is 12.1. The van der Waals surface area contributed by atoms with Gasteiger partial charge in [-0.15, -0.1) is 0 Å². The molecule has 8 rings (SSSR count). The fourth-order valence-corrected chi connectivity index (χ4v) is 9.61. The molecule has 0 N–H and O–H groups in total. The second-order valence-electron chi connectivity index (χ2n) is 14.2. The summed E-state index contributed by atoms with van der Waals surface area (Å²) in [6.07, 6.45) is 1.97. The van der Waals surface area contributed by atoms with Crippen molar-refractivity contribution < 1.29 is 0 Å². The predicted molar refractivity (Wildman–Crippen MR) is 204 cm³/mol. The molecule has 6 aromatic rings. The number of hydrogen-bond donors (Lipinski definition) is 0. The van der Waals surface area contributed by atoms with Crippen molar-refractivity contribution in [3.63, 3.8) is 0 Å². The standard InChI is InChI=1S/C46H43B/c1-26-28(3)44-37(30(5)41(26)34-18-12-9-13-19-34)24-39-32(7)43(36-22-16-11-17-23-36)33(8)40-25-38-31(6)42(35-20-14-10-15-21-35)27(2)29(4)45(38)47(44)46(39)40/h9-23H,24-25H2,1-8H3. The first-order valence-electron chi connectivity index (χ1n) is 17.3. The Morgan fingerprint density at radius 1 is 0.319 bits per heavy atom. The van der Waals surface area contributed by atoms with Gasteiger partial charge in [0.15, 0.2) is 0 Å². The molecule has 0 bridgehead atoms. The van der Waals surface area contributed by atoms with E-state index >= 15 is 0 Å². The zero-order chi connectivity index (χ0) is 32.7. The van der Waals surface area contributed by atoms with Gasteiger partial charge in [0, 0.05) is 0 Å². The molecule has 0 fully saturated rings. The van der Waals surface area contributed by atoms with Crippen LogP contribution in [-0.2, 0) is 12.8 Å². The minimum Gasteiger partial charge on any atom is -0.0622 e. The highest BCUT2D eigenvalue weighted by Crippen LogP contribution is 2.41. The molecule has 0 radical (unpaired) electrons. The minimum absolute atomic E-state index is 0.235. The van der Waals surface area contributed by atoms with E-state index in [-0.39, 0.29) is 6.71 Å². The van der Waals surface area contributed by atoms with Crippen molar-refractivity contribution in [1.82, 2.24) is 0 Å². The second kappa shape index (κ2) is 11.0. The summed E-state index contributed by atoms with van der Waals surface area (Å²) < 4.78 is 0. The van der Waals surface area contributed by atoms with Gasteiger partial charge < -0.3 is 0 Å². The molecule has 0 saturated heterocycles. The summed E-state index contributed by atoms with van der Waals surface area (Å²) in [7, 11) is 0. The first kappa shape index (κ1) is 29.8. The van der Waals surface area contributed by atoms with E-state index in [2.05, 4.69) is 146 Å². The third-order valence-electron chi connectivity index (χ3n) is 12.1. The number of rotatable bonds is 3. The van der Waals surface area contributed by atoms with Gasteiger partial charge in [0.25, 0.3) is 0 Å². The van der Waals surface area contributed by atoms with Gasteiger partial charge in [-0.05, 0) is 157 Å². The molecule has 0 saturated carbocycles. The molecule has 2 aliphatic heterocycles. The maximum absolute atomic E-state index is 2.41. The van der Waals surface area contributed by atoms with Crippen LogP contribution < -0.4 is 16.4 Å². The van der Waals surface area contributed by atoms with Crippen LogP contribution in [0.1, 0.15) is 66.8 Å². The zero-order valence-corrected chi connectivity index (χ0v) is 29.2. The van der Waals surface area contributed by atoms with Gasteiger partial charge in [0.05, 0.1) is 0 Å². The summed E-state index contributed by atoms with van der Waals surface area (Å²) in [4.78, 5) is 0. The van der Waals surface area contributed by atoms with E-state index in [1.54, 1.807) is 27.5 Å². The lowest BCUT2D eigenvalue weighted by molar-refractivity contribution is 1.07. The zero-order valence-electron chi connectivity index (χ0n) is 29.2. The van der Waals surface area contributed by atoms with Crippen LogP contribution in [0.25, 0.3) is 33.4 Å². The largest absolute Gasteiger partial charge is 0.243 e. The van der Waals surface area contributed by atoms with Crippen LogP contribution in [0, 0.1) is 55.4 Å². The number of benzene rings is 6. The highest BCUT2D eigenvalue weighted by Gasteiger charge is 2.43. The Hall–Kier alpha value is -4.62. The molecule has 0 amide bonds. The quantitative estimate of drug-likeness (QED) is 0.176. The van der Waals surface area contributed by atoms with Gasteiger partial charge >= 0.3 is 0 Å². The van der Waals surface area contributed by atoms with E-state index in [1.165, 1.54) is 89.0 Å². The Labute approximate surface area is 281 Å². The lowest BCUT2D eigenvalue weighted by Crippen LogP contribution is -2.63. The Morgan fingerprint density at radius 2 is 0.596 bits per heavy atom. The van der Waals surface area contributed by atoms with Crippen molar-refractivity contribution in [3.8, 4) is 33.4 Å². The molecule has 2 heterocycles. The van der Waals surface area contributed by atoms with Crippen molar-refractivity contribution in [3.05, 3.63) is 158 Å². The van der Waals surface area contributed by atoms with Crippen LogP contribution in [0.2, 0.25) is 0 Å². The maximum atomic E-state index is 2.41. The van der Waals surface area contributed by atoms with Crippen molar-refractivity contribution >= 4 is 23.1 Å². The molecule has 1 heteroatoms. The van der Waals surface area contributed by atoms with Crippen LogP contribution in [-0.4, -0.2) is 6.71 Å². The molecule has 47 heavy (non-hydrogen) atoms. The van der Waals surface area contributed by atoms with Gasteiger partial charge in [-0.2, -0.15) is 0 Å². The summed E-state index contributed by atoms with van der Waals surface area (Å²) in [5, 5.41) is 0. The lowest BCUT2D eigenvalue weighted by atomic mass is 9.28. The van der Waals surface area contributed by atoms with E-state index in [0.29, 0.717) is 0 Å². The third kappa shape index (κ3) is 4.22.